The van der Waals surface area contributed by atoms with E-state index in [1.807, 2.05) is 6.07 Å². The number of pyridine rings is 1. The largest absolute Gasteiger partial charge is 0.330 e. The summed E-state index contributed by atoms with van der Waals surface area (Å²) in [5.74, 6) is -2.54. The summed E-state index contributed by atoms with van der Waals surface area (Å²) < 4.78 is 26.4. The second-order valence-corrected chi connectivity index (χ2v) is 5.10. The van der Waals surface area contributed by atoms with Gasteiger partial charge in [0.05, 0.1) is 0 Å². The molecule has 2 nitrogen and oxygen atoms in total. The van der Waals surface area contributed by atoms with E-state index in [1.54, 1.807) is 12.3 Å². The summed E-state index contributed by atoms with van der Waals surface area (Å²) in [6, 6.07) is 3.52. The Morgan fingerprint density at radius 3 is 2.35 bits per heavy atom. The highest BCUT2D eigenvalue weighted by molar-refractivity contribution is 6.29. The Morgan fingerprint density at radius 1 is 1.24 bits per heavy atom. The first-order valence-corrected chi connectivity index (χ1v) is 6.05. The lowest BCUT2D eigenvalue weighted by Gasteiger charge is -2.39. The van der Waals surface area contributed by atoms with Crippen LogP contribution in [0.1, 0.15) is 31.2 Å². The van der Waals surface area contributed by atoms with Gasteiger partial charge in [-0.2, -0.15) is 0 Å². The zero-order valence-electron chi connectivity index (χ0n) is 9.43. The molecule has 1 aliphatic rings. The van der Waals surface area contributed by atoms with Crippen molar-refractivity contribution in [1.82, 2.24) is 4.98 Å². The maximum Gasteiger partial charge on any atom is 0.248 e. The van der Waals surface area contributed by atoms with Gasteiger partial charge in [0.2, 0.25) is 5.92 Å². The maximum absolute atomic E-state index is 13.2. The van der Waals surface area contributed by atoms with E-state index in [0.717, 1.165) is 5.56 Å². The van der Waals surface area contributed by atoms with Crippen LogP contribution in [-0.4, -0.2) is 17.5 Å². The summed E-state index contributed by atoms with van der Waals surface area (Å²) in [6.07, 6.45) is 2.25. The molecule has 94 valence electrons. The number of aromatic nitrogens is 1. The van der Waals surface area contributed by atoms with Crippen molar-refractivity contribution in [3.05, 3.63) is 29.0 Å². The molecule has 1 saturated carbocycles. The average molecular weight is 261 g/mol. The first-order valence-electron chi connectivity index (χ1n) is 5.67. The third-order valence-corrected chi connectivity index (χ3v) is 3.89. The molecule has 0 amide bonds. The minimum atomic E-state index is -2.54. The van der Waals surface area contributed by atoms with Gasteiger partial charge >= 0.3 is 0 Å². The molecule has 0 radical (unpaired) electrons. The lowest BCUT2D eigenvalue weighted by atomic mass is 9.69. The molecule has 1 aliphatic carbocycles. The molecular formula is C12H15ClF2N2. The molecule has 2 rings (SSSR count). The van der Waals surface area contributed by atoms with Crippen LogP contribution >= 0.6 is 11.6 Å². The molecular weight excluding hydrogens is 246 g/mol. The number of halogens is 3. The van der Waals surface area contributed by atoms with E-state index in [1.165, 1.54) is 0 Å². The summed E-state index contributed by atoms with van der Waals surface area (Å²) in [6.45, 7) is 0.367. The third-order valence-electron chi connectivity index (χ3n) is 3.67. The summed E-state index contributed by atoms with van der Waals surface area (Å²) >= 11 is 5.72. The van der Waals surface area contributed by atoms with Gasteiger partial charge in [-0.05, 0) is 24.5 Å². The first kappa shape index (κ1) is 12.7. The Balaban J connectivity index is 2.24. The summed E-state index contributed by atoms with van der Waals surface area (Å²) in [5, 5.41) is 0.405. The van der Waals surface area contributed by atoms with Crippen LogP contribution in [0.5, 0.6) is 0 Å². The van der Waals surface area contributed by atoms with Crippen molar-refractivity contribution in [3.63, 3.8) is 0 Å². The van der Waals surface area contributed by atoms with E-state index in [4.69, 9.17) is 17.3 Å². The second kappa shape index (κ2) is 4.50. The smallest absolute Gasteiger partial charge is 0.248 e. The van der Waals surface area contributed by atoms with Gasteiger partial charge < -0.3 is 5.73 Å². The van der Waals surface area contributed by atoms with Crippen LogP contribution in [0.15, 0.2) is 18.3 Å². The van der Waals surface area contributed by atoms with Crippen LogP contribution in [0.4, 0.5) is 8.78 Å². The van der Waals surface area contributed by atoms with Crippen LogP contribution in [0.3, 0.4) is 0 Å². The fourth-order valence-corrected chi connectivity index (χ4v) is 2.51. The van der Waals surface area contributed by atoms with Crippen molar-refractivity contribution in [2.45, 2.75) is 37.0 Å². The van der Waals surface area contributed by atoms with Crippen molar-refractivity contribution in [1.29, 1.82) is 0 Å². The van der Waals surface area contributed by atoms with Gasteiger partial charge in [0.25, 0.3) is 0 Å². The second-order valence-electron chi connectivity index (χ2n) is 4.71. The van der Waals surface area contributed by atoms with Crippen LogP contribution in [0.2, 0.25) is 5.15 Å². The minimum absolute atomic E-state index is 0.104. The molecule has 17 heavy (non-hydrogen) atoms. The van der Waals surface area contributed by atoms with Crippen molar-refractivity contribution >= 4 is 11.6 Å². The molecule has 1 aromatic rings. The van der Waals surface area contributed by atoms with Gasteiger partial charge in [0.1, 0.15) is 5.15 Å². The lowest BCUT2D eigenvalue weighted by molar-refractivity contribution is -0.0509. The fraction of sp³-hybridized carbons (Fsp3) is 0.583. The van der Waals surface area contributed by atoms with Crippen LogP contribution < -0.4 is 5.73 Å². The summed E-state index contributed by atoms with van der Waals surface area (Å²) in [4.78, 5) is 4.01. The normalized spacial score (nSPS) is 22.4. The van der Waals surface area contributed by atoms with E-state index in [2.05, 4.69) is 4.98 Å². The zero-order chi connectivity index (χ0) is 12.5. The number of hydrogen-bond donors (Lipinski definition) is 1. The number of alkyl halides is 2. The SMILES string of the molecule is NCC1(c2ccc(Cl)nc2)CCC(F)(F)CC1. The standard InChI is InChI=1S/C12H15ClF2N2/c13-10-2-1-9(7-17-10)11(8-16)3-5-12(14,15)6-4-11/h1-2,7H,3-6,8,16H2. The van der Waals surface area contributed by atoms with E-state index in [9.17, 15) is 8.78 Å². The Kier molecular flexibility index (Phi) is 3.36. The summed E-state index contributed by atoms with van der Waals surface area (Å²) in [7, 11) is 0. The monoisotopic (exact) mass is 260 g/mol. The molecule has 0 aromatic carbocycles. The molecule has 0 bridgehead atoms. The Hall–Kier alpha value is -0.740. The average Bonchev–Trinajstić information content (AvgIpc) is 2.31. The predicted molar refractivity (Wildman–Crippen MR) is 63.4 cm³/mol. The van der Waals surface area contributed by atoms with E-state index in [-0.39, 0.29) is 18.3 Å². The Bertz CT molecular complexity index is 382. The fourth-order valence-electron chi connectivity index (χ4n) is 2.39. The van der Waals surface area contributed by atoms with Crippen molar-refractivity contribution in [2.75, 3.05) is 6.54 Å². The molecule has 0 saturated heterocycles. The Morgan fingerprint density at radius 2 is 1.88 bits per heavy atom. The van der Waals surface area contributed by atoms with Gasteiger partial charge in [-0.25, -0.2) is 13.8 Å². The van der Waals surface area contributed by atoms with E-state index >= 15 is 0 Å². The molecule has 0 aliphatic heterocycles. The quantitative estimate of drug-likeness (QED) is 0.830. The topological polar surface area (TPSA) is 38.9 Å². The lowest BCUT2D eigenvalue weighted by Crippen LogP contribution is -2.42. The highest BCUT2D eigenvalue weighted by Crippen LogP contribution is 2.44. The number of nitrogens with two attached hydrogens (primary N) is 1. The molecule has 1 aromatic heterocycles. The van der Waals surface area contributed by atoms with Crippen LogP contribution in [0, 0.1) is 0 Å². The van der Waals surface area contributed by atoms with Gasteiger partial charge in [0, 0.05) is 31.0 Å². The highest BCUT2D eigenvalue weighted by Gasteiger charge is 2.43. The van der Waals surface area contributed by atoms with Crippen LogP contribution in [0.25, 0.3) is 0 Å². The maximum atomic E-state index is 13.2. The molecule has 1 heterocycles. The highest BCUT2D eigenvalue weighted by atomic mass is 35.5. The molecule has 0 unspecified atom stereocenters. The number of hydrogen-bond acceptors (Lipinski definition) is 2. The van der Waals surface area contributed by atoms with E-state index in [0.29, 0.717) is 24.5 Å². The zero-order valence-corrected chi connectivity index (χ0v) is 10.2. The summed E-state index contributed by atoms with van der Waals surface area (Å²) in [5.41, 5.74) is 6.35. The van der Waals surface area contributed by atoms with Gasteiger partial charge in [-0.3, -0.25) is 0 Å². The van der Waals surface area contributed by atoms with Gasteiger partial charge in [-0.15, -0.1) is 0 Å². The van der Waals surface area contributed by atoms with Crippen molar-refractivity contribution in [2.24, 2.45) is 5.73 Å². The number of nitrogens with zero attached hydrogens (tertiary/aromatic N) is 1. The third kappa shape index (κ3) is 2.58. The predicted octanol–water partition coefficient (Wildman–Crippen LogP) is 3.14. The number of rotatable bonds is 2. The van der Waals surface area contributed by atoms with Gasteiger partial charge in [-0.1, -0.05) is 17.7 Å². The molecule has 5 heteroatoms. The molecule has 0 atom stereocenters. The van der Waals surface area contributed by atoms with E-state index < -0.39 is 5.92 Å². The van der Waals surface area contributed by atoms with Crippen molar-refractivity contribution in [3.8, 4) is 0 Å². The van der Waals surface area contributed by atoms with Crippen molar-refractivity contribution < 1.29 is 8.78 Å². The molecule has 0 spiro atoms. The molecule has 2 N–H and O–H groups in total. The Labute approximate surface area is 104 Å². The molecule has 1 fully saturated rings. The van der Waals surface area contributed by atoms with Crippen LogP contribution in [-0.2, 0) is 5.41 Å². The minimum Gasteiger partial charge on any atom is -0.330 e. The van der Waals surface area contributed by atoms with Gasteiger partial charge in [0.15, 0.2) is 0 Å². The first-order chi connectivity index (χ1) is 7.97.